The van der Waals surface area contributed by atoms with Crippen LogP contribution in [0.1, 0.15) is 37.9 Å². The van der Waals surface area contributed by atoms with E-state index in [4.69, 9.17) is 16.3 Å². The molecule has 2 saturated heterocycles. The van der Waals surface area contributed by atoms with Crippen molar-refractivity contribution < 1.29 is 23.9 Å². The zero-order chi connectivity index (χ0) is 24.6. The van der Waals surface area contributed by atoms with Crippen LogP contribution in [0.2, 0.25) is 5.02 Å². The van der Waals surface area contributed by atoms with Gasteiger partial charge in [-0.25, -0.2) is 4.90 Å². The van der Waals surface area contributed by atoms with E-state index < -0.39 is 46.9 Å². The van der Waals surface area contributed by atoms with Gasteiger partial charge < -0.3 is 4.74 Å². The Kier molecular flexibility index (Phi) is 4.90. The van der Waals surface area contributed by atoms with E-state index in [-0.39, 0.29) is 11.1 Å². The van der Waals surface area contributed by atoms with Crippen LogP contribution in [0.4, 0.5) is 5.69 Å². The lowest BCUT2D eigenvalue weighted by molar-refractivity contribution is -0.127. The van der Waals surface area contributed by atoms with Crippen molar-refractivity contribution in [1.29, 1.82) is 0 Å². The number of aryl methyl sites for hydroxylation is 1. The fraction of sp³-hybridized carbons (Fsp3) is 0.185. The fourth-order valence-electron chi connectivity index (χ4n) is 5.53. The lowest BCUT2D eigenvalue weighted by atomic mass is 9.77. The molecule has 0 bridgehead atoms. The number of imide groups is 1. The van der Waals surface area contributed by atoms with E-state index in [1.807, 2.05) is 0 Å². The average Bonchev–Trinajstić information content (AvgIpc) is 3.41. The van der Waals surface area contributed by atoms with Gasteiger partial charge in [0.25, 0.3) is 0 Å². The minimum absolute atomic E-state index is 0.199. The van der Waals surface area contributed by atoms with Crippen LogP contribution in [0.3, 0.4) is 0 Å². The largest absolute Gasteiger partial charge is 0.349 e. The van der Waals surface area contributed by atoms with Crippen LogP contribution in [0, 0.1) is 18.8 Å². The number of ketones is 2. The van der Waals surface area contributed by atoms with E-state index in [9.17, 15) is 19.2 Å². The van der Waals surface area contributed by atoms with Crippen molar-refractivity contribution in [1.82, 2.24) is 0 Å². The Balaban J connectivity index is 1.56. The zero-order valence-electron chi connectivity index (χ0n) is 18.3. The SMILES string of the molecule is Cc1ccc(Cl)cc1N1C(=O)[C@@H]2[C@@H](c3ccc(Br)cc3)OC3(C(=O)c4ccccc4C3=O)[C@H]2C1=O. The van der Waals surface area contributed by atoms with Gasteiger partial charge in [-0.05, 0) is 42.3 Å². The molecule has 3 aromatic carbocycles. The number of rotatable bonds is 2. The van der Waals surface area contributed by atoms with E-state index in [1.54, 1.807) is 73.7 Å². The Morgan fingerprint density at radius 1 is 0.886 bits per heavy atom. The Morgan fingerprint density at radius 3 is 2.14 bits per heavy atom. The van der Waals surface area contributed by atoms with E-state index in [0.29, 0.717) is 21.8 Å². The van der Waals surface area contributed by atoms with E-state index in [1.165, 1.54) is 0 Å². The van der Waals surface area contributed by atoms with Crippen LogP contribution in [-0.4, -0.2) is 29.0 Å². The molecule has 2 heterocycles. The van der Waals surface area contributed by atoms with Crippen molar-refractivity contribution in [3.8, 4) is 0 Å². The first-order valence-corrected chi connectivity index (χ1v) is 12.2. The van der Waals surface area contributed by atoms with Crippen molar-refractivity contribution in [3.05, 3.63) is 98.5 Å². The zero-order valence-corrected chi connectivity index (χ0v) is 20.7. The highest BCUT2D eigenvalue weighted by Gasteiger charge is 2.74. The van der Waals surface area contributed by atoms with Gasteiger partial charge in [0.15, 0.2) is 0 Å². The topological polar surface area (TPSA) is 80.8 Å². The molecule has 2 aliphatic heterocycles. The smallest absolute Gasteiger partial charge is 0.241 e. The number of amides is 2. The lowest BCUT2D eigenvalue weighted by Gasteiger charge is -2.27. The van der Waals surface area contributed by atoms with Crippen LogP contribution in [0.15, 0.2) is 71.2 Å². The van der Waals surface area contributed by atoms with Gasteiger partial charge in [0.1, 0.15) is 0 Å². The molecular formula is C27H17BrClNO5. The highest BCUT2D eigenvalue weighted by molar-refractivity contribution is 9.10. The van der Waals surface area contributed by atoms with Gasteiger partial charge in [-0.15, -0.1) is 0 Å². The number of nitrogens with zero attached hydrogens (tertiary/aromatic N) is 1. The molecule has 2 fully saturated rings. The number of halogens is 2. The number of carbonyl (C=O) groups excluding carboxylic acids is 4. The van der Waals surface area contributed by atoms with Crippen LogP contribution in [0.5, 0.6) is 0 Å². The summed E-state index contributed by atoms with van der Waals surface area (Å²) >= 11 is 9.59. The third-order valence-corrected chi connectivity index (χ3v) is 7.89. The molecule has 35 heavy (non-hydrogen) atoms. The van der Waals surface area contributed by atoms with Gasteiger partial charge in [-0.1, -0.05) is 70.0 Å². The van der Waals surface area contributed by atoms with Gasteiger partial charge in [0.2, 0.25) is 29.0 Å². The summed E-state index contributed by atoms with van der Waals surface area (Å²) in [5.41, 5.74) is -0.0983. The number of fused-ring (bicyclic) bond motifs is 3. The van der Waals surface area contributed by atoms with E-state index >= 15 is 0 Å². The number of anilines is 1. The summed E-state index contributed by atoms with van der Waals surface area (Å²) in [6.45, 7) is 1.76. The van der Waals surface area contributed by atoms with Crippen molar-refractivity contribution >= 4 is 56.6 Å². The Bertz CT molecular complexity index is 1430. The molecule has 2 amide bonds. The number of Topliss-reactive ketones (excluding diaryl/α,β-unsaturated/α-hetero) is 2. The average molecular weight is 551 g/mol. The highest BCUT2D eigenvalue weighted by atomic mass is 79.9. The van der Waals surface area contributed by atoms with Crippen LogP contribution < -0.4 is 4.90 Å². The summed E-state index contributed by atoms with van der Waals surface area (Å²) in [6.07, 6.45) is -0.962. The van der Waals surface area contributed by atoms with E-state index in [0.717, 1.165) is 9.37 Å². The molecule has 6 nitrogen and oxygen atoms in total. The molecule has 1 aliphatic carbocycles. The number of hydrogen-bond acceptors (Lipinski definition) is 5. The first-order chi connectivity index (χ1) is 16.8. The molecule has 0 aromatic heterocycles. The first-order valence-electron chi connectivity index (χ1n) is 11.0. The molecule has 0 radical (unpaired) electrons. The van der Waals surface area contributed by atoms with Crippen molar-refractivity contribution in [2.75, 3.05) is 4.90 Å². The van der Waals surface area contributed by atoms with Gasteiger partial charge >= 0.3 is 0 Å². The highest BCUT2D eigenvalue weighted by Crippen LogP contribution is 2.58. The second-order valence-corrected chi connectivity index (χ2v) is 10.3. The summed E-state index contributed by atoms with van der Waals surface area (Å²) in [7, 11) is 0. The normalized spacial score (nSPS) is 24.4. The van der Waals surface area contributed by atoms with E-state index in [2.05, 4.69) is 15.9 Å². The number of hydrogen-bond donors (Lipinski definition) is 0. The molecule has 1 spiro atoms. The molecular weight excluding hydrogens is 534 g/mol. The third-order valence-electron chi connectivity index (χ3n) is 7.13. The maximum atomic E-state index is 14.0. The molecule has 0 unspecified atom stereocenters. The minimum Gasteiger partial charge on any atom is -0.349 e. The maximum Gasteiger partial charge on any atom is 0.241 e. The first kappa shape index (κ1) is 22.3. The van der Waals surface area contributed by atoms with Crippen molar-refractivity contribution in [3.63, 3.8) is 0 Å². The molecule has 8 heteroatoms. The fourth-order valence-corrected chi connectivity index (χ4v) is 5.96. The van der Waals surface area contributed by atoms with Crippen LogP contribution >= 0.6 is 27.5 Å². The summed E-state index contributed by atoms with van der Waals surface area (Å²) in [5, 5.41) is 0.360. The minimum atomic E-state index is -2.10. The molecule has 0 N–H and O–H groups in total. The summed E-state index contributed by atoms with van der Waals surface area (Å²) in [6, 6.07) is 18.4. The summed E-state index contributed by atoms with van der Waals surface area (Å²) in [5.74, 6) is -4.68. The summed E-state index contributed by atoms with van der Waals surface area (Å²) < 4.78 is 7.10. The summed E-state index contributed by atoms with van der Waals surface area (Å²) in [4.78, 5) is 56.4. The number of ether oxygens (including phenoxy) is 1. The molecule has 3 aliphatic rings. The Labute approximate surface area is 214 Å². The standard InChI is InChI=1S/C27H17BrClNO5/c1-13-6-11-16(29)12-19(13)30-25(33)20-21(26(30)34)27(35-22(20)14-7-9-15(28)10-8-14)23(31)17-4-2-3-5-18(17)24(27)32/h2-12,20-22H,1H3/t20-,21+,22+/m0/s1. The molecule has 6 rings (SSSR count). The predicted molar refractivity (Wildman–Crippen MR) is 131 cm³/mol. The number of carbonyl (C=O) groups is 4. The quantitative estimate of drug-likeness (QED) is 0.327. The number of benzene rings is 3. The van der Waals surface area contributed by atoms with Crippen molar-refractivity contribution in [2.24, 2.45) is 11.8 Å². The molecule has 3 atom stereocenters. The van der Waals surface area contributed by atoms with Gasteiger partial charge in [0, 0.05) is 20.6 Å². The molecule has 174 valence electrons. The second kappa shape index (κ2) is 7.68. The second-order valence-electron chi connectivity index (χ2n) is 8.98. The predicted octanol–water partition coefficient (Wildman–Crippen LogP) is 5.11. The Hall–Kier alpha value is -3.13. The lowest BCUT2D eigenvalue weighted by Crippen LogP contribution is -2.51. The van der Waals surface area contributed by atoms with Crippen LogP contribution in [0.25, 0.3) is 0 Å². The maximum absolute atomic E-state index is 14.0. The molecule has 0 saturated carbocycles. The van der Waals surface area contributed by atoms with Crippen LogP contribution in [-0.2, 0) is 14.3 Å². The van der Waals surface area contributed by atoms with Gasteiger partial charge in [-0.2, -0.15) is 0 Å². The molecule has 3 aromatic rings. The van der Waals surface area contributed by atoms with Gasteiger partial charge in [0.05, 0.1) is 23.6 Å². The monoisotopic (exact) mass is 549 g/mol. The third kappa shape index (κ3) is 2.92. The Morgan fingerprint density at radius 2 is 1.51 bits per heavy atom. The van der Waals surface area contributed by atoms with Gasteiger partial charge in [-0.3, -0.25) is 19.2 Å². The van der Waals surface area contributed by atoms with Crippen molar-refractivity contribution in [2.45, 2.75) is 18.6 Å².